The van der Waals surface area contributed by atoms with Crippen LogP contribution in [0.3, 0.4) is 0 Å². The Bertz CT molecular complexity index is 651. The molecule has 0 radical (unpaired) electrons. The fourth-order valence-corrected chi connectivity index (χ4v) is 3.85. The number of likely N-dealkylation sites (tertiary alicyclic amines) is 1. The van der Waals surface area contributed by atoms with Crippen LogP contribution in [0.25, 0.3) is 0 Å². The highest BCUT2D eigenvalue weighted by molar-refractivity contribution is 14.0. The van der Waals surface area contributed by atoms with E-state index in [0.29, 0.717) is 19.3 Å². The third kappa shape index (κ3) is 7.84. The number of hydrogen-bond donors (Lipinski definition) is 1. The van der Waals surface area contributed by atoms with E-state index < -0.39 is 5.82 Å². The summed E-state index contributed by atoms with van der Waals surface area (Å²) in [5, 5.41) is 3.49. The molecule has 2 aliphatic heterocycles. The first-order valence-electron chi connectivity index (χ1n) is 10.4. The summed E-state index contributed by atoms with van der Waals surface area (Å²) in [6, 6.07) is 4.75. The van der Waals surface area contributed by atoms with Crippen LogP contribution in [-0.4, -0.2) is 55.9 Å². The average molecular weight is 540 g/mol. The summed E-state index contributed by atoms with van der Waals surface area (Å²) in [6.45, 7) is 6.73. The van der Waals surface area contributed by atoms with Crippen LogP contribution in [-0.2, 0) is 16.0 Å². The fourth-order valence-electron chi connectivity index (χ4n) is 3.65. The van der Waals surface area contributed by atoms with Crippen LogP contribution >= 0.6 is 35.6 Å². The van der Waals surface area contributed by atoms with Crippen LogP contribution < -0.4 is 5.32 Å². The van der Waals surface area contributed by atoms with Crippen molar-refractivity contribution in [3.05, 3.63) is 34.6 Å². The first-order chi connectivity index (χ1) is 13.7. The lowest BCUT2D eigenvalue weighted by molar-refractivity contribution is -0.0721. The summed E-state index contributed by atoms with van der Waals surface area (Å²) >= 11 is 5.87. The number of halogens is 3. The third-order valence-corrected chi connectivity index (χ3v) is 5.55. The molecule has 1 aromatic rings. The highest BCUT2D eigenvalue weighted by atomic mass is 127. The van der Waals surface area contributed by atoms with E-state index in [0.717, 1.165) is 57.0 Å². The Kier molecular flexibility index (Phi) is 11.0. The van der Waals surface area contributed by atoms with Gasteiger partial charge in [0, 0.05) is 26.2 Å². The molecule has 2 heterocycles. The van der Waals surface area contributed by atoms with Crippen LogP contribution in [0.5, 0.6) is 0 Å². The first kappa shape index (κ1) is 24.6. The van der Waals surface area contributed by atoms with Crippen molar-refractivity contribution in [1.29, 1.82) is 0 Å². The summed E-state index contributed by atoms with van der Waals surface area (Å²) < 4.78 is 25.2. The zero-order valence-corrected chi connectivity index (χ0v) is 20.1. The van der Waals surface area contributed by atoms with Gasteiger partial charge >= 0.3 is 0 Å². The molecule has 164 valence electrons. The van der Waals surface area contributed by atoms with Gasteiger partial charge in [0.1, 0.15) is 5.82 Å². The average Bonchev–Trinajstić information content (AvgIpc) is 2.73. The summed E-state index contributed by atoms with van der Waals surface area (Å²) in [6.07, 6.45) is 6.07. The molecule has 0 spiro atoms. The SMILES string of the molecule is CCNC(=NCc1ccc(F)c(Cl)c1)N1CCC(OCC2CCCCO2)CC1.I. The molecule has 3 rings (SSSR count). The Balaban J connectivity index is 0.00000300. The Morgan fingerprint density at radius 2 is 2.10 bits per heavy atom. The van der Waals surface area contributed by atoms with Crippen molar-refractivity contribution in [3.63, 3.8) is 0 Å². The number of ether oxygens (including phenoxy) is 2. The minimum absolute atomic E-state index is 0. The largest absolute Gasteiger partial charge is 0.376 e. The van der Waals surface area contributed by atoms with E-state index in [1.54, 1.807) is 12.1 Å². The van der Waals surface area contributed by atoms with E-state index >= 15 is 0 Å². The lowest BCUT2D eigenvalue weighted by Gasteiger charge is -2.35. The fraction of sp³-hybridized carbons (Fsp3) is 0.667. The van der Waals surface area contributed by atoms with Crippen LogP contribution in [0.2, 0.25) is 5.02 Å². The molecule has 0 aliphatic carbocycles. The van der Waals surface area contributed by atoms with E-state index in [1.165, 1.54) is 18.9 Å². The number of aliphatic imine (C=N–C) groups is 1. The number of benzene rings is 1. The lowest BCUT2D eigenvalue weighted by atomic mass is 10.1. The second kappa shape index (κ2) is 12.9. The highest BCUT2D eigenvalue weighted by Gasteiger charge is 2.23. The minimum atomic E-state index is -0.401. The summed E-state index contributed by atoms with van der Waals surface area (Å²) in [5.41, 5.74) is 0.896. The summed E-state index contributed by atoms with van der Waals surface area (Å²) in [5.74, 6) is 0.485. The van der Waals surface area contributed by atoms with E-state index in [1.807, 2.05) is 0 Å². The number of guanidine groups is 1. The first-order valence-corrected chi connectivity index (χ1v) is 10.7. The maximum absolute atomic E-state index is 13.3. The summed E-state index contributed by atoms with van der Waals surface area (Å²) in [4.78, 5) is 6.98. The maximum Gasteiger partial charge on any atom is 0.194 e. The van der Waals surface area contributed by atoms with Crippen LogP contribution in [0.4, 0.5) is 4.39 Å². The molecule has 2 saturated heterocycles. The van der Waals surface area contributed by atoms with Gasteiger partial charge in [-0.05, 0) is 56.7 Å². The zero-order chi connectivity index (χ0) is 19.8. The van der Waals surface area contributed by atoms with Crippen molar-refractivity contribution in [3.8, 4) is 0 Å². The van der Waals surface area contributed by atoms with Gasteiger partial charge in [-0.1, -0.05) is 17.7 Å². The van der Waals surface area contributed by atoms with Gasteiger partial charge in [-0.25, -0.2) is 9.38 Å². The Labute approximate surface area is 195 Å². The molecule has 1 unspecified atom stereocenters. The second-order valence-electron chi connectivity index (χ2n) is 7.43. The monoisotopic (exact) mass is 539 g/mol. The lowest BCUT2D eigenvalue weighted by Crippen LogP contribution is -2.47. The van der Waals surface area contributed by atoms with Gasteiger partial charge in [-0.15, -0.1) is 24.0 Å². The van der Waals surface area contributed by atoms with Crippen LogP contribution in [0.15, 0.2) is 23.2 Å². The number of hydrogen-bond acceptors (Lipinski definition) is 3. The number of rotatable bonds is 6. The molecular weight excluding hydrogens is 508 g/mol. The molecule has 2 fully saturated rings. The maximum atomic E-state index is 13.3. The molecule has 2 aliphatic rings. The van der Waals surface area contributed by atoms with Crippen molar-refractivity contribution in [2.45, 2.75) is 57.8 Å². The molecule has 5 nitrogen and oxygen atoms in total. The molecule has 29 heavy (non-hydrogen) atoms. The van der Waals surface area contributed by atoms with E-state index in [-0.39, 0.29) is 35.1 Å². The molecule has 8 heteroatoms. The molecular formula is C21H32ClFIN3O2. The smallest absolute Gasteiger partial charge is 0.194 e. The Morgan fingerprint density at radius 1 is 1.31 bits per heavy atom. The molecule has 0 saturated carbocycles. The van der Waals surface area contributed by atoms with E-state index in [9.17, 15) is 4.39 Å². The van der Waals surface area contributed by atoms with Gasteiger partial charge in [-0.3, -0.25) is 0 Å². The van der Waals surface area contributed by atoms with Gasteiger partial charge in [0.15, 0.2) is 5.96 Å². The normalized spacial score (nSPS) is 21.0. The highest BCUT2D eigenvalue weighted by Crippen LogP contribution is 2.19. The van der Waals surface area contributed by atoms with Gasteiger partial charge < -0.3 is 19.7 Å². The van der Waals surface area contributed by atoms with Gasteiger partial charge in [0.2, 0.25) is 0 Å². The van der Waals surface area contributed by atoms with E-state index in [2.05, 4.69) is 17.1 Å². The Morgan fingerprint density at radius 3 is 2.76 bits per heavy atom. The molecule has 1 N–H and O–H groups in total. The topological polar surface area (TPSA) is 46.1 Å². The molecule has 0 aromatic heterocycles. The van der Waals surface area contributed by atoms with Gasteiger partial charge in [-0.2, -0.15) is 0 Å². The quantitative estimate of drug-likeness (QED) is 0.326. The van der Waals surface area contributed by atoms with Crippen molar-refractivity contribution in [2.24, 2.45) is 4.99 Å². The van der Waals surface area contributed by atoms with Crippen molar-refractivity contribution in [1.82, 2.24) is 10.2 Å². The van der Waals surface area contributed by atoms with Crippen LogP contribution in [0.1, 0.15) is 44.6 Å². The van der Waals surface area contributed by atoms with Gasteiger partial charge in [0.05, 0.1) is 30.4 Å². The standard InChI is InChI=1S/C21H31ClFN3O2.HI/c1-2-24-21(25-14-16-6-7-20(23)19(22)13-16)26-10-8-17(9-11-26)28-15-18-5-3-4-12-27-18;/h6-7,13,17-18H,2-5,8-12,14-15H2,1H3,(H,24,25);1H. The van der Waals surface area contributed by atoms with Crippen molar-refractivity contribution in [2.75, 3.05) is 32.8 Å². The molecule has 1 atom stereocenters. The molecule has 1 aromatic carbocycles. The van der Waals surface area contributed by atoms with Crippen molar-refractivity contribution < 1.29 is 13.9 Å². The predicted octanol–water partition coefficient (Wildman–Crippen LogP) is 4.61. The predicted molar refractivity (Wildman–Crippen MR) is 126 cm³/mol. The Hall–Kier alpha value is -0.640. The zero-order valence-electron chi connectivity index (χ0n) is 17.0. The van der Waals surface area contributed by atoms with E-state index in [4.69, 9.17) is 26.1 Å². The second-order valence-corrected chi connectivity index (χ2v) is 7.83. The number of nitrogens with one attached hydrogen (secondary N) is 1. The molecule has 0 bridgehead atoms. The third-order valence-electron chi connectivity index (χ3n) is 5.26. The molecule has 0 amide bonds. The number of piperidine rings is 1. The summed E-state index contributed by atoms with van der Waals surface area (Å²) in [7, 11) is 0. The minimum Gasteiger partial charge on any atom is -0.376 e. The van der Waals surface area contributed by atoms with Crippen LogP contribution in [0, 0.1) is 5.82 Å². The number of nitrogens with zero attached hydrogens (tertiary/aromatic N) is 2. The van der Waals surface area contributed by atoms with Gasteiger partial charge in [0.25, 0.3) is 0 Å². The van der Waals surface area contributed by atoms with Crippen molar-refractivity contribution >= 4 is 41.5 Å².